The van der Waals surface area contributed by atoms with Crippen molar-refractivity contribution >= 4 is 11.4 Å². The molecule has 0 spiro atoms. The van der Waals surface area contributed by atoms with Gasteiger partial charge in [0, 0.05) is 0 Å². The maximum atomic E-state index is 14.7. The highest BCUT2D eigenvalue weighted by Crippen LogP contribution is 2.54. The Labute approximate surface area is 182 Å². The number of benzene rings is 2. The number of halogens is 2. The zero-order valence-corrected chi connectivity index (χ0v) is 17.8. The van der Waals surface area contributed by atoms with E-state index in [2.05, 4.69) is 13.2 Å². The molecule has 3 rings (SSSR count). The van der Waals surface area contributed by atoms with Crippen molar-refractivity contribution in [1.82, 2.24) is 0 Å². The third kappa shape index (κ3) is 3.55. The van der Waals surface area contributed by atoms with Crippen LogP contribution in [0.2, 0.25) is 0 Å². The van der Waals surface area contributed by atoms with Crippen molar-refractivity contribution in [3.8, 4) is 0 Å². The Bertz CT molecular complexity index is 1090. The molecule has 2 aromatic rings. The van der Waals surface area contributed by atoms with Crippen molar-refractivity contribution in [3.63, 3.8) is 0 Å². The van der Waals surface area contributed by atoms with E-state index in [0.717, 1.165) is 22.3 Å². The lowest BCUT2D eigenvalue weighted by molar-refractivity contribution is 0.617. The molecule has 0 aliphatic heterocycles. The monoisotopic (exact) mass is 416 g/mol. The first-order valence-electron chi connectivity index (χ1n) is 9.91. The van der Waals surface area contributed by atoms with E-state index in [4.69, 9.17) is 11.5 Å². The molecule has 1 aliphatic carbocycles. The minimum absolute atomic E-state index is 0.0492. The molecule has 4 heteroatoms. The molecule has 0 heterocycles. The smallest absolute Gasteiger partial charge is 0.146 e. The molecule has 0 saturated heterocycles. The van der Waals surface area contributed by atoms with Crippen LogP contribution < -0.4 is 11.5 Å². The van der Waals surface area contributed by atoms with Gasteiger partial charge in [0.1, 0.15) is 11.6 Å². The van der Waals surface area contributed by atoms with Crippen LogP contribution in [0.5, 0.6) is 0 Å². The van der Waals surface area contributed by atoms with E-state index in [1.54, 1.807) is 24.3 Å². The van der Waals surface area contributed by atoms with Gasteiger partial charge in [-0.1, -0.05) is 61.7 Å². The van der Waals surface area contributed by atoms with Crippen LogP contribution in [0.25, 0.3) is 0 Å². The van der Waals surface area contributed by atoms with Gasteiger partial charge in [0.05, 0.1) is 16.8 Å². The quantitative estimate of drug-likeness (QED) is 0.415. The normalized spacial score (nSPS) is 16.0. The van der Waals surface area contributed by atoms with Crippen LogP contribution in [-0.4, -0.2) is 0 Å². The molecule has 0 atom stereocenters. The third-order valence-electron chi connectivity index (χ3n) is 5.84. The number of hydrogen-bond donors (Lipinski definition) is 2. The predicted molar refractivity (Wildman–Crippen MR) is 126 cm³/mol. The molecule has 2 aromatic carbocycles. The van der Waals surface area contributed by atoms with Crippen LogP contribution in [0, 0.1) is 11.6 Å². The van der Waals surface area contributed by atoms with Gasteiger partial charge in [0.25, 0.3) is 0 Å². The lowest BCUT2D eigenvalue weighted by Gasteiger charge is -2.36. The molecule has 158 valence electrons. The highest BCUT2D eigenvalue weighted by Gasteiger charge is 2.46. The Morgan fingerprint density at radius 2 is 1.13 bits per heavy atom. The maximum Gasteiger partial charge on any atom is 0.146 e. The van der Waals surface area contributed by atoms with Crippen molar-refractivity contribution < 1.29 is 8.78 Å². The minimum atomic E-state index is -0.976. The van der Waals surface area contributed by atoms with Gasteiger partial charge in [-0.25, -0.2) is 8.78 Å². The van der Waals surface area contributed by atoms with Gasteiger partial charge in [-0.2, -0.15) is 0 Å². The van der Waals surface area contributed by atoms with Crippen LogP contribution in [0.15, 0.2) is 108 Å². The number of nitrogens with two attached hydrogens (primary N) is 2. The predicted octanol–water partition coefficient (Wildman–Crippen LogP) is 6.55. The van der Waals surface area contributed by atoms with Gasteiger partial charge >= 0.3 is 0 Å². The van der Waals surface area contributed by atoms with E-state index in [9.17, 15) is 8.78 Å². The maximum absolute atomic E-state index is 14.7. The molecule has 0 radical (unpaired) electrons. The minimum Gasteiger partial charge on any atom is -0.396 e. The van der Waals surface area contributed by atoms with E-state index in [-0.39, 0.29) is 11.4 Å². The number of nitrogen functional groups attached to an aromatic ring is 2. The molecule has 2 nitrogen and oxygen atoms in total. The summed E-state index contributed by atoms with van der Waals surface area (Å²) < 4.78 is 29.4. The Morgan fingerprint density at radius 3 is 1.45 bits per heavy atom. The highest BCUT2D eigenvalue weighted by molar-refractivity contribution is 5.73. The van der Waals surface area contributed by atoms with Crippen molar-refractivity contribution in [2.45, 2.75) is 19.3 Å². The first-order chi connectivity index (χ1) is 14.8. The van der Waals surface area contributed by atoms with Crippen LogP contribution in [0.1, 0.15) is 25.0 Å². The molecular formula is C27H26F2N2. The summed E-state index contributed by atoms with van der Waals surface area (Å²) in [5, 5.41) is 0. The number of anilines is 2. The molecule has 0 fully saturated rings. The summed E-state index contributed by atoms with van der Waals surface area (Å²) in [5.74, 6) is -1.07. The SMILES string of the molecule is C=C/C=C\C1=C(C)C(C)=C(/C=C\C=C)C1(c1ccc(N)c(F)c1)c1ccc(N)c(F)c1. The van der Waals surface area contributed by atoms with Gasteiger partial charge in [-0.3, -0.25) is 0 Å². The average molecular weight is 417 g/mol. The molecule has 31 heavy (non-hydrogen) atoms. The van der Waals surface area contributed by atoms with Crippen LogP contribution in [0.4, 0.5) is 20.2 Å². The largest absolute Gasteiger partial charge is 0.396 e. The van der Waals surface area contributed by atoms with E-state index in [0.29, 0.717) is 11.1 Å². The van der Waals surface area contributed by atoms with Gasteiger partial charge < -0.3 is 11.5 Å². The lowest BCUT2D eigenvalue weighted by atomic mass is 9.65. The van der Waals surface area contributed by atoms with Crippen LogP contribution >= 0.6 is 0 Å². The summed E-state index contributed by atoms with van der Waals surface area (Å²) in [5.41, 5.74) is 15.7. The summed E-state index contributed by atoms with van der Waals surface area (Å²) in [6.45, 7) is 11.6. The highest BCUT2D eigenvalue weighted by atomic mass is 19.1. The van der Waals surface area contributed by atoms with Crippen LogP contribution in [-0.2, 0) is 5.41 Å². The zero-order valence-electron chi connectivity index (χ0n) is 17.8. The number of allylic oxidation sites excluding steroid dienone is 10. The zero-order chi connectivity index (χ0) is 22.8. The molecule has 0 amide bonds. The lowest BCUT2D eigenvalue weighted by Crippen LogP contribution is -2.30. The summed E-state index contributed by atoms with van der Waals surface area (Å²) in [7, 11) is 0. The Morgan fingerprint density at radius 1 is 0.742 bits per heavy atom. The second-order valence-corrected chi connectivity index (χ2v) is 7.49. The molecule has 0 saturated carbocycles. The third-order valence-corrected chi connectivity index (χ3v) is 5.84. The summed E-state index contributed by atoms with van der Waals surface area (Å²) >= 11 is 0. The van der Waals surface area contributed by atoms with E-state index in [1.165, 1.54) is 24.3 Å². The van der Waals surface area contributed by atoms with E-state index >= 15 is 0 Å². The van der Waals surface area contributed by atoms with Gasteiger partial charge in [0.2, 0.25) is 0 Å². The topological polar surface area (TPSA) is 52.0 Å². The van der Waals surface area contributed by atoms with E-state index < -0.39 is 17.0 Å². The second kappa shape index (κ2) is 8.60. The van der Waals surface area contributed by atoms with E-state index in [1.807, 2.05) is 38.2 Å². The second-order valence-electron chi connectivity index (χ2n) is 7.49. The summed E-state index contributed by atoms with van der Waals surface area (Å²) in [6, 6.07) is 9.46. The summed E-state index contributed by atoms with van der Waals surface area (Å²) in [6.07, 6.45) is 10.9. The van der Waals surface area contributed by atoms with Crippen LogP contribution in [0.3, 0.4) is 0 Å². The van der Waals surface area contributed by atoms with Crippen molar-refractivity contribution in [1.29, 1.82) is 0 Å². The fourth-order valence-electron chi connectivity index (χ4n) is 4.25. The fourth-order valence-corrected chi connectivity index (χ4v) is 4.25. The number of hydrogen-bond acceptors (Lipinski definition) is 2. The molecule has 4 N–H and O–H groups in total. The average Bonchev–Trinajstić information content (AvgIpc) is 2.96. The van der Waals surface area contributed by atoms with Crippen molar-refractivity contribution in [2.75, 3.05) is 11.5 Å². The van der Waals surface area contributed by atoms with Crippen molar-refractivity contribution in [3.05, 3.63) is 131 Å². The molecule has 1 aliphatic rings. The first kappa shape index (κ1) is 22.0. The Balaban J connectivity index is 2.53. The Kier molecular flexibility index (Phi) is 6.11. The molecule has 0 unspecified atom stereocenters. The first-order valence-corrected chi connectivity index (χ1v) is 9.91. The van der Waals surface area contributed by atoms with Gasteiger partial charge in [-0.05, 0) is 71.5 Å². The van der Waals surface area contributed by atoms with Gasteiger partial charge in [0.15, 0.2) is 0 Å². The molecule has 0 aromatic heterocycles. The summed E-state index contributed by atoms with van der Waals surface area (Å²) in [4.78, 5) is 0. The molecule has 0 bridgehead atoms. The standard InChI is InChI=1S/C27H26F2N2/c1-5-7-9-21-17(3)18(4)22(10-8-6-2)27(21,19-11-13-25(30)23(28)15-19)20-12-14-26(31)24(29)16-20/h5-16H,1-2,30-31H2,3-4H3/b9-7-,10-8-. The van der Waals surface area contributed by atoms with Gasteiger partial charge in [-0.15, -0.1) is 0 Å². The fraction of sp³-hybridized carbons (Fsp3) is 0.111. The number of rotatable bonds is 6. The Hall–Kier alpha value is -3.66. The molecular weight excluding hydrogens is 390 g/mol. The van der Waals surface area contributed by atoms with Crippen molar-refractivity contribution in [2.24, 2.45) is 0 Å².